The molecule has 2 heterocycles. The Morgan fingerprint density at radius 3 is 3.21 bits per heavy atom. The Hall–Kier alpha value is -1.79. The first-order valence-corrected chi connectivity index (χ1v) is 7.04. The van der Waals surface area contributed by atoms with Crippen molar-refractivity contribution in [3.63, 3.8) is 0 Å². The molecule has 0 spiro atoms. The maximum atomic E-state index is 11.8. The summed E-state index contributed by atoms with van der Waals surface area (Å²) in [6.45, 7) is 1.50. The van der Waals surface area contributed by atoms with Gasteiger partial charge in [-0.2, -0.15) is 0 Å². The van der Waals surface area contributed by atoms with Crippen LogP contribution in [0.5, 0.6) is 0 Å². The monoisotopic (exact) mass is 274 g/mol. The minimum absolute atomic E-state index is 0.167. The maximum Gasteiger partial charge on any atom is 0.272 e. The summed E-state index contributed by atoms with van der Waals surface area (Å²) in [5.41, 5.74) is 3.01. The summed E-state index contributed by atoms with van der Waals surface area (Å²) in [7, 11) is 0. The van der Waals surface area contributed by atoms with Crippen LogP contribution in [0.2, 0.25) is 0 Å². The summed E-state index contributed by atoms with van der Waals surface area (Å²) in [4.78, 5) is 11.8. The van der Waals surface area contributed by atoms with Gasteiger partial charge in [0.1, 0.15) is 0 Å². The van der Waals surface area contributed by atoms with Gasteiger partial charge in [0.2, 0.25) is 0 Å². The van der Waals surface area contributed by atoms with Crippen LogP contribution >= 0.6 is 11.5 Å². The molecule has 1 atom stereocenters. The summed E-state index contributed by atoms with van der Waals surface area (Å²) in [5, 5.41) is 11.7. The van der Waals surface area contributed by atoms with Crippen LogP contribution in [0.25, 0.3) is 0 Å². The van der Waals surface area contributed by atoms with Crippen molar-refractivity contribution < 1.29 is 4.79 Å². The van der Waals surface area contributed by atoms with Crippen LogP contribution in [-0.4, -0.2) is 28.6 Å². The van der Waals surface area contributed by atoms with Gasteiger partial charge in [-0.1, -0.05) is 28.8 Å². The van der Waals surface area contributed by atoms with E-state index in [1.807, 2.05) is 6.07 Å². The van der Waals surface area contributed by atoms with Gasteiger partial charge >= 0.3 is 0 Å². The second kappa shape index (κ2) is 5.46. The predicted molar refractivity (Wildman–Crippen MR) is 73.1 cm³/mol. The van der Waals surface area contributed by atoms with Crippen molar-refractivity contribution in [2.75, 3.05) is 13.1 Å². The summed E-state index contributed by atoms with van der Waals surface area (Å²) in [6, 6.07) is 8.52. The number of nitrogens with one attached hydrogen (secondary N) is 2. The van der Waals surface area contributed by atoms with E-state index in [2.05, 4.69) is 38.4 Å². The van der Waals surface area contributed by atoms with Gasteiger partial charge in [0.05, 0.1) is 0 Å². The van der Waals surface area contributed by atoms with Gasteiger partial charge in [-0.15, -0.1) is 5.10 Å². The average molecular weight is 274 g/mol. The second-order valence-corrected chi connectivity index (χ2v) is 5.07. The van der Waals surface area contributed by atoms with Crippen molar-refractivity contribution in [3.8, 4) is 0 Å². The van der Waals surface area contributed by atoms with Crippen LogP contribution in [0.15, 0.2) is 29.6 Å². The molecule has 0 saturated carbocycles. The molecule has 1 aliphatic heterocycles. The van der Waals surface area contributed by atoms with E-state index in [-0.39, 0.29) is 11.9 Å². The van der Waals surface area contributed by atoms with Gasteiger partial charge in [0.15, 0.2) is 5.69 Å². The molecular weight excluding hydrogens is 260 g/mol. The van der Waals surface area contributed by atoms with E-state index in [0.29, 0.717) is 12.2 Å². The van der Waals surface area contributed by atoms with E-state index in [9.17, 15) is 4.79 Å². The molecule has 3 rings (SSSR count). The zero-order valence-corrected chi connectivity index (χ0v) is 11.1. The number of carbonyl (C=O) groups excluding carboxylic acids is 1. The molecule has 2 N–H and O–H groups in total. The molecule has 0 fully saturated rings. The van der Waals surface area contributed by atoms with E-state index in [1.165, 1.54) is 22.7 Å². The molecule has 1 aromatic heterocycles. The largest absolute Gasteiger partial charge is 0.349 e. The molecule has 5 nitrogen and oxygen atoms in total. The number of fused-ring (bicyclic) bond motifs is 1. The molecule has 1 aliphatic rings. The lowest BCUT2D eigenvalue weighted by Crippen LogP contribution is -2.38. The molecule has 2 aromatic rings. The minimum Gasteiger partial charge on any atom is -0.349 e. The molecule has 1 unspecified atom stereocenters. The van der Waals surface area contributed by atoms with Gasteiger partial charge < -0.3 is 10.6 Å². The topological polar surface area (TPSA) is 66.9 Å². The fourth-order valence-electron chi connectivity index (χ4n) is 2.32. The number of nitrogens with zero attached hydrogens (tertiary/aromatic N) is 2. The molecule has 0 bridgehead atoms. The first-order chi connectivity index (χ1) is 9.34. The highest BCUT2D eigenvalue weighted by Crippen LogP contribution is 2.21. The third kappa shape index (κ3) is 2.64. The summed E-state index contributed by atoms with van der Waals surface area (Å²) < 4.78 is 3.69. The Bertz CT molecular complexity index is 570. The smallest absolute Gasteiger partial charge is 0.272 e. The Labute approximate surface area is 115 Å². The van der Waals surface area contributed by atoms with Crippen molar-refractivity contribution in [3.05, 3.63) is 46.5 Å². The highest BCUT2D eigenvalue weighted by Gasteiger charge is 2.20. The second-order valence-electron chi connectivity index (χ2n) is 4.46. The lowest BCUT2D eigenvalue weighted by Gasteiger charge is -2.26. The van der Waals surface area contributed by atoms with Gasteiger partial charge in [0, 0.05) is 18.0 Å². The van der Waals surface area contributed by atoms with Gasteiger partial charge in [-0.3, -0.25) is 4.79 Å². The lowest BCUT2D eigenvalue weighted by atomic mass is 9.94. The molecule has 19 heavy (non-hydrogen) atoms. The van der Waals surface area contributed by atoms with Crippen molar-refractivity contribution in [2.45, 2.75) is 12.5 Å². The summed E-state index contributed by atoms with van der Waals surface area (Å²) in [5.74, 6) is -0.168. The summed E-state index contributed by atoms with van der Waals surface area (Å²) in [6.07, 6.45) is 1.04. The number of rotatable bonds is 3. The normalized spacial score (nSPS) is 17.8. The fraction of sp³-hybridized carbons (Fsp3) is 0.308. The molecule has 98 valence electrons. The molecule has 6 heteroatoms. The third-order valence-corrected chi connectivity index (χ3v) is 3.78. The molecular formula is C13H14N4OS. The van der Waals surface area contributed by atoms with Crippen molar-refractivity contribution in [2.24, 2.45) is 0 Å². The number of aromatic nitrogens is 2. The highest BCUT2D eigenvalue weighted by atomic mass is 32.1. The maximum absolute atomic E-state index is 11.8. The third-order valence-electron chi connectivity index (χ3n) is 3.28. The number of amides is 1. The Balaban J connectivity index is 1.67. The lowest BCUT2D eigenvalue weighted by molar-refractivity contribution is 0.0944. The van der Waals surface area contributed by atoms with Gasteiger partial charge in [0.25, 0.3) is 5.91 Å². The summed E-state index contributed by atoms with van der Waals surface area (Å²) >= 11 is 1.18. The van der Waals surface area contributed by atoms with E-state index in [1.54, 1.807) is 5.38 Å². The minimum atomic E-state index is -0.168. The Morgan fingerprint density at radius 2 is 2.37 bits per heavy atom. The molecule has 1 aromatic carbocycles. The van der Waals surface area contributed by atoms with E-state index >= 15 is 0 Å². The molecule has 0 aliphatic carbocycles. The van der Waals surface area contributed by atoms with Crippen LogP contribution in [0.1, 0.15) is 27.7 Å². The predicted octanol–water partition coefficient (Wildman–Crippen LogP) is 1.15. The molecule has 0 radical (unpaired) electrons. The van der Waals surface area contributed by atoms with Crippen LogP contribution in [-0.2, 0) is 6.42 Å². The highest BCUT2D eigenvalue weighted by molar-refractivity contribution is 7.03. The van der Waals surface area contributed by atoms with Crippen LogP contribution in [0.3, 0.4) is 0 Å². The molecule has 0 saturated heterocycles. The van der Waals surface area contributed by atoms with Crippen molar-refractivity contribution in [1.29, 1.82) is 0 Å². The van der Waals surface area contributed by atoms with E-state index in [4.69, 9.17) is 0 Å². The van der Waals surface area contributed by atoms with E-state index < -0.39 is 0 Å². The first-order valence-electron chi connectivity index (χ1n) is 6.21. The number of carbonyl (C=O) groups is 1. The van der Waals surface area contributed by atoms with Crippen LogP contribution in [0.4, 0.5) is 0 Å². The zero-order chi connectivity index (χ0) is 13.1. The molecule has 1 amide bonds. The SMILES string of the molecule is O=C(NCC1NCCc2ccccc21)c1csnn1. The van der Waals surface area contributed by atoms with E-state index in [0.717, 1.165) is 13.0 Å². The van der Waals surface area contributed by atoms with Gasteiger partial charge in [-0.25, -0.2) is 0 Å². The standard InChI is InChI=1S/C13H14N4OS/c18-13(12-8-19-17-16-12)15-7-11-10-4-2-1-3-9(10)5-6-14-11/h1-4,8,11,14H,5-7H2,(H,15,18). The quantitative estimate of drug-likeness (QED) is 0.881. The van der Waals surface area contributed by atoms with Crippen molar-refractivity contribution >= 4 is 17.4 Å². The zero-order valence-electron chi connectivity index (χ0n) is 10.3. The Morgan fingerprint density at radius 1 is 1.47 bits per heavy atom. The number of hydrogen-bond acceptors (Lipinski definition) is 5. The fourth-order valence-corrected chi connectivity index (χ4v) is 2.76. The number of benzene rings is 1. The Kier molecular flexibility index (Phi) is 3.52. The number of hydrogen-bond donors (Lipinski definition) is 2. The average Bonchev–Trinajstić information content (AvgIpc) is 2.99. The van der Waals surface area contributed by atoms with Crippen molar-refractivity contribution in [1.82, 2.24) is 20.2 Å². The van der Waals surface area contributed by atoms with Crippen LogP contribution < -0.4 is 10.6 Å². The van der Waals surface area contributed by atoms with Gasteiger partial charge in [-0.05, 0) is 35.6 Å². The first kappa shape index (κ1) is 12.3. The van der Waals surface area contributed by atoms with Crippen LogP contribution in [0, 0.1) is 0 Å².